The van der Waals surface area contributed by atoms with Gasteiger partial charge in [0.25, 0.3) is 0 Å². The van der Waals surface area contributed by atoms with Crippen molar-refractivity contribution in [3.05, 3.63) is 0 Å². The van der Waals surface area contributed by atoms with Gasteiger partial charge in [-0.1, -0.05) is 6.42 Å². The second-order valence-corrected chi connectivity index (χ2v) is 4.70. The Kier molecular flexibility index (Phi) is 5.09. The highest BCUT2D eigenvalue weighted by Crippen LogP contribution is 2.22. The summed E-state index contributed by atoms with van der Waals surface area (Å²) in [5.74, 6) is 0.0785. The van der Waals surface area contributed by atoms with E-state index in [-0.39, 0.29) is 5.91 Å². The number of carbonyl (C=O) groups is 1. The molecule has 15 heavy (non-hydrogen) atoms. The first-order chi connectivity index (χ1) is 7.11. The minimum Gasteiger partial charge on any atom is -0.356 e. The number of nitrogens with zero attached hydrogens (tertiary/aromatic N) is 1. The van der Waals surface area contributed by atoms with Crippen LogP contribution in [0.15, 0.2) is 0 Å². The second-order valence-electron chi connectivity index (χ2n) is 4.70. The third-order valence-corrected chi connectivity index (χ3v) is 3.34. The number of rotatable bonds is 4. The summed E-state index contributed by atoms with van der Waals surface area (Å²) in [4.78, 5) is 13.3. The van der Waals surface area contributed by atoms with Crippen molar-refractivity contribution in [3.63, 3.8) is 0 Å². The maximum Gasteiger partial charge on any atom is 0.216 e. The Hall–Kier alpha value is -0.570. The highest BCUT2D eigenvalue weighted by Gasteiger charge is 2.23. The van der Waals surface area contributed by atoms with Crippen molar-refractivity contribution in [3.8, 4) is 0 Å². The quantitative estimate of drug-likeness (QED) is 0.720. The lowest BCUT2D eigenvalue weighted by Crippen LogP contribution is -2.44. The van der Waals surface area contributed by atoms with E-state index in [1.54, 1.807) is 6.92 Å². The van der Waals surface area contributed by atoms with Crippen molar-refractivity contribution in [1.29, 1.82) is 0 Å². The first kappa shape index (κ1) is 12.5. The monoisotopic (exact) mass is 212 g/mol. The van der Waals surface area contributed by atoms with Gasteiger partial charge in [0.15, 0.2) is 0 Å². The Morgan fingerprint density at radius 2 is 1.93 bits per heavy atom. The molecule has 0 spiro atoms. The molecule has 0 aliphatic carbocycles. The highest BCUT2D eigenvalue weighted by atomic mass is 16.1. The summed E-state index contributed by atoms with van der Waals surface area (Å²) >= 11 is 0. The lowest BCUT2D eigenvalue weighted by molar-refractivity contribution is -0.118. The molecule has 1 fully saturated rings. The molecule has 0 saturated carbocycles. The number of nitrogens with one attached hydrogen (secondary N) is 1. The summed E-state index contributed by atoms with van der Waals surface area (Å²) in [6.07, 6.45) is 5.08. The van der Waals surface area contributed by atoms with Gasteiger partial charge in [0, 0.05) is 32.1 Å². The predicted octanol–water partition coefficient (Wildman–Crippen LogP) is 1.78. The highest BCUT2D eigenvalue weighted by molar-refractivity contribution is 5.72. The predicted molar refractivity (Wildman–Crippen MR) is 62.8 cm³/mol. The van der Waals surface area contributed by atoms with Crippen LogP contribution in [-0.4, -0.2) is 36.0 Å². The second kappa shape index (κ2) is 6.11. The van der Waals surface area contributed by atoms with Gasteiger partial charge < -0.3 is 5.32 Å². The Balaban J connectivity index is 2.20. The summed E-state index contributed by atoms with van der Waals surface area (Å²) in [5, 5.41) is 2.85. The average molecular weight is 212 g/mol. The van der Waals surface area contributed by atoms with Crippen LogP contribution < -0.4 is 5.32 Å². The van der Waals surface area contributed by atoms with E-state index in [0.717, 1.165) is 19.5 Å². The van der Waals surface area contributed by atoms with Crippen molar-refractivity contribution in [2.45, 2.75) is 58.5 Å². The van der Waals surface area contributed by atoms with Crippen LogP contribution in [0.3, 0.4) is 0 Å². The Labute approximate surface area is 93.2 Å². The summed E-state index contributed by atoms with van der Waals surface area (Å²) < 4.78 is 0. The van der Waals surface area contributed by atoms with Gasteiger partial charge in [-0.25, -0.2) is 0 Å². The topological polar surface area (TPSA) is 32.3 Å². The zero-order valence-corrected chi connectivity index (χ0v) is 10.3. The van der Waals surface area contributed by atoms with Gasteiger partial charge in [-0.2, -0.15) is 0 Å². The minimum absolute atomic E-state index is 0.0785. The molecule has 0 radical (unpaired) electrons. The molecule has 0 aromatic carbocycles. The van der Waals surface area contributed by atoms with E-state index in [2.05, 4.69) is 24.1 Å². The van der Waals surface area contributed by atoms with Gasteiger partial charge in [-0.05, 0) is 33.1 Å². The molecular formula is C12H24N2O. The van der Waals surface area contributed by atoms with Crippen LogP contribution in [0, 0.1) is 0 Å². The van der Waals surface area contributed by atoms with E-state index in [9.17, 15) is 4.79 Å². The van der Waals surface area contributed by atoms with Crippen LogP contribution >= 0.6 is 0 Å². The molecule has 1 saturated heterocycles. The maximum atomic E-state index is 10.7. The number of amides is 1. The van der Waals surface area contributed by atoms with E-state index in [1.165, 1.54) is 19.3 Å². The third-order valence-electron chi connectivity index (χ3n) is 3.34. The van der Waals surface area contributed by atoms with E-state index in [4.69, 9.17) is 0 Å². The normalized spacial score (nSPS) is 27.7. The van der Waals surface area contributed by atoms with Gasteiger partial charge >= 0.3 is 0 Å². The van der Waals surface area contributed by atoms with Crippen molar-refractivity contribution in [2.24, 2.45) is 0 Å². The number of carbonyl (C=O) groups excluding carboxylic acids is 1. The molecule has 1 aliphatic rings. The molecule has 1 rings (SSSR count). The first-order valence-electron chi connectivity index (χ1n) is 6.11. The molecule has 2 atom stereocenters. The zero-order chi connectivity index (χ0) is 11.3. The molecule has 0 bridgehead atoms. The SMILES string of the molecule is CC(=O)NCCCN1C(C)CCCC1C. The summed E-state index contributed by atoms with van der Waals surface area (Å²) in [6.45, 7) is 8.13. The van der Waals surface area contributed by atoms with Crippen LogP contribution in [0.25, 0.3) is 0 Å². The van der Waals surface area contributed by atoms with Crippen LogP contribution in [0.1, 0.15) is 46.5 Å². The molecule has 1 aliphatic heterocycles. The Bertz CT molecular complexity index is 196. The molecule has 3 nitrogen and oxygen atoms in total. The largest absolute Gasteiger partial charge is 0.356 e. The number of likely N-dealkylation sites (tertiary alicyclic amines) is 1. The smallest absolute Gasteiger partial charge is 0.216 e. The van der Waals surface area contributed by atoms with E-state index < -0.39 is 0 Å². The molecule has 88 valence electrons. The van der Waals surface area contributed by atoms with Gasteiger partial charge in [0.1, 0.15) is 0 Å². The standard InChI is InChI=1S/C12H24N2O/c1-10-6-4-7-11(2)14(10)9-5-8-13-12(3)15/h10-11H,4-9H2,1-3H3,(H,13,15). The average Bonchev–Trinajstić information content (AvgIpc) is 2.15. The van der Waals surface area contributed by atoms with Gasteiger partial charge in [0.05, 0.1) is 0 Å². The minimum atomic E-state index is 0.0785. The van der Waals surface area contributed by atoms with Gasteiger partial charge in [-0.15, -0.1) is 0 Å². The fourth-order valence-electron chi connectivity index (χ4n) is 2.44. The van der Waals surface area contributed by atoms with Crippen LogP contribution in [-0.2, 0) is 4.79 Å². The summed E-state index contributed by atoms with van der Waals surface area (Å²) in [7, 11) is 0. The number of hydrogen-bond acceptors (Lipinski definition) is 2. The van der Waals surface area contributed by atoms with Crippen LogP contribution in [0.4, 0.5) is 0 Å². The van der Waals surface area contributed by atoms with Crippen molar-refractivity contribution in [2.75, 3.05) is 13.1 Å². The maximum absolute atomic E-state index is 10.7. The van der Waals surface area contributed by atoms with Crippen molar-refractivity contribution < 1.29 is 4.79 Å². The molecule has 3 heteroatoms. The molecule has 0 aromatic heterocycles. The molecule has 1 amide bonds. The summed E-state index contributed by atoms with van der Waals surface area (Å²) in [6, 6.07) is 1.43. The summed E-state index contributed by atoms with van der Waals surface area (Å²) in [5.41, 5.74) is 0. The fraction of sp³-hybridized carbons (Fsp3) is 0.917. The lowest BCUT2D eigenvalue weighted by atomic mass is 9.97. The Morgan fingerprint density at radius 3 is 2.47 bits per heavy atom. The van der Waals surface area contributed by atoms with E-state index in [1.807, 2.05) is 0 Å². The third kappa shape index (κ3) is 4.20. The van der Waals surface area contributed by atoms with E-state index in [0.29, 0.717) is 12.1 Å². The lowest BCUT2D eigenvalue weighted by Gasteiger charge is -2.39. The molecule has 2 unspecified atom stereocenters. The fourth-order valence-corrected chi connectivity index (χ4v) is 2.44. The number of piperidine rings is 1. The Morgan fingerprint density at radius 1 is 1.33 bits per heavy atom. The van der Waals surface area contributed by atoms with Gasteiger partial charge in [-0.3, -0.25) is 9.69 Å². The van der Waals surface area contributed by atoms with Crippen LogP contribution in [0.5, 0.6) is 0 Å². The number of hydrogen-bond donors (Lipinski definition) is 1. The van der Waals surface area contributed by atoms with Crippen molar-refractivity contribution >= 4 is 5.91 Å². The van der Waals surface area contributed by atoms with E-state index >= 15 is 0 Å². The first-order valence-corrected chi connectivity index (χ1v) is 6.11. The zero-order valence-electron chi connectivity index (χ0n) is 10.3. The molecule has 0 aromatic rings. The molecular weight excluding hydrogens is 188 g/mol. The van der Waals surface area contributed by atoms with Gasteiger partial charge in [0.2, 0.25) is 5.91 Å². The van der Waals surface area contributed by atoms with Crippen LogP contribution in [0.2, 0.25) is 0 Å². The molecule has 1 heterocycles. The molecule has 1 N–H and O–H groups in total. The van der Waals surface area contributed by atoms with Crippen molar-refractivity contribution in [1.82, 2.24) is 10.2 Å².